The highest BCUT2D eigenvalue weighted by Gasteiger charge is 2.30. The molecule has 0 aliphatic carbocycles. The summed E-state index contributed by atoms with van der Waals surface area (Å²) in [6.07, 6.45) is 0.621. The molecule has 1 aromatic heterocycles. The first-order chi connectivity index (χ1) is 20.9. The maximum absolute atomic E-state index is 13.2. The van der Waals surface area contributed by atoms with E-state index >= 15 is 0 Å². The summed E-state index contributed by atoms with van der Waals surface area (Å²) in [6.45, 7) is 7.65. The molecule has 2 fully saturated rings. The second kappa shape index (κ2) is 13.2. The molecule has 0 radical (unpaired) electrons. The zero-order valence-corrected chi connectivity index (χ0v) is 24.2. The average Bonchev–Trinajstić information content (AvgIpc) is 3.81. The summed E-state index contributed by atoms with van der Waals surface area (Å²) in [5.41, 5.74) is 3.15. The number of hydrogen-bond donors (Lipinski definition) is 1. The van der Waals surface area contributed by atoms with Crippen LogP contribution >= 0.6 is 0 Å². The van der Waals surface area contributed by atoms with Crippen LogP contribution in [0, 0.1) is 0 Å². The number of hydrogen-bond acceptors (Lipinski definition) is 5. The van der Waals surface area contributed by atoms with E-state index in [0.717, 1.165) is 79.7 Å². The van der Waals surface area contributed by atoms with E-state index in [2.05, 4.69) is 14.8 Å². The van der Waals surface area contributed by atoms with Crippen LogP contribution in [-0.4, -0.2) is 72.3 Å². The van der Waals surface area contributed by atoms with E-state index in [0.29, 0.717) is 30.3 Å². The molecular weight excluding hydrogens is 553 g/mol. The fourth-order valence-corrected chi connectivity index (χ4v) is 5.77. The van der Waals surface area contributed by atoms with Gasteiger partial charge in [0.2, 0.25) is 0 Å². The minimum absolute atomic E-state index is 0.496. The van der Waals surface area contributed by atoms with Crippen LogP contribution in [0.4, 0.5) is 13.2 Å². The van der Waals surface area contributed by atoms with Gasteiger partial charge in [-0.15, -0.1) is 0 Å². The Balaban J connectivity index is 1.22. The zero-order chi connectivity index (χ0) is 29.6. The van der Waals surface area contributed by atoms with E-state index < -0.39 is 11.7 Å². The molecular formula is C34H37F3N4O2. The molecule has 0 bridgehead atoms. The van der Waals surface area contributed by atoms with Crippen molar-refractivity contribution in [2.24, 2.45) is 0 Å². The lowest BCUT2D eigenvalue weighted by Gasteiger charge is -2.15. The van der Waals surface area contributed by atoms with E-state index in [1.165, 1.54) is 37.8 Å². The van der Waals surface area contributed by atoms with Gasteiger partial charge in [0, 0.05) is 29.8 Å². The summed E-state index contributed by atoms with van der Waals surface area (Å²) in [6, 6.07) is 20.7. The minimum atomic E-state index is -4.39. The van der Waals surface area contributed by atoms with Crippen LogP contribution in [0.5, 0.6) is 11.5 Å². The van der Waals surface area contributed by atoms with Gasteiger partial charge < -0.3 is 14.5 Å². The number of nitrogens with zero attached hydrogens (tertiary/aromatic N) is 3. The third-order valence-electron chi connectivity index (χ3n) is 8.21. The van der Waals surface area contributed by atoms with Crippen LogP contribution in [0.1, 0.15) is 31.2 Å². The largest absolute Gasteiger partial charge is 0.492 e. The Kier molecular flexibility index (Phi) is 9.00. The minimum Gasteiger partial charge on any atom is -0.492 e. The van der Waals surface area contributed by atoms with E-state index in [1.807, 2.05) is 48.5 Å². The number of rotatable bonds is 11. The van der Waals surface area contributed by atoms with Crippen molar-refractivity contribution in [2.45, 2.75) is 31.9 Å². The van der Waals surface area contributed by atoms with E-state index in [1.54, 1.807) is 0 Å². The van der Waals surface area contributed by atoms with Gasteiger partial charge in [-0.2, -0.15) is 13.2 Å². The summed E-state index contributed by atoms with van der Waals surface area (Å²) in [5.74, 6) is 2.08. The van der Waals surface area contributed by atoms with Crippen molar-refractivity contribution < 1.29 is 22.6 Å². The molecule has 2 saturated heterocycles. The first-order valence-electron chi connectivity index (χ1n) is 15.1. The Morgan fingerprint density at radius 2 is 1.09 bits per heavy atom. The second-order valence-electron chi connectivity index (χ2n) is 11.2. The first kappa shape index (κ1) is 29.3. The summed E-state index contributed by atoms with van der Waals surface area (Å²) in [4.78, 5) is 13.1. The molecule has 6 rings (SSSR count). The SMILES string of the molecule is FC(F)(F)c1ccc(-c2nc(-c3ccc(OCCN4CCCC4)cc3)c(-c3ccc(OCCN4CCCC4)cc3)[nH]2)cc1. The number of likely N-dealkylation sites (tertiary alicyclic amines) is 2. The quantitative estimate of drug-likeness (QED) is 0.198. The number of nitrogens with one attached hydrogen (secondary N) is 1. The van der Waals surface area contributed by atoms with Gasteiger partial charge in [-0.05, 0) is 113 Å². The third kappa shape index (κ3) is 7.40. The van der Waals surface area contributed by atoms with Crippen LogP contribution < -0.4 is 9.47 Å². The highest BCUT2D eigenvalue weighted by atomic mass is 19.4. The molecule has 9 heteroatoms. The molecule has 0 spiro atoms. The normalized spacial score (nSPS) is 16.2. The molecule has 0 amide bonds. The van der Waals surface area contributed by atoms with Crippen molar-refractivity contribution in [3.63, 3.8) is 0 Å². The zero-order valence-electron chi connectivity index (χ0n) is 24.2. The molecule has 1 N–H and O–H groups in total. The number of imidazole rings is 1. The molecule has 4 aromatic rings. The van der Waals surface area contributed by atoms with Crippen molar-refractivity contribution in [1.82, 2.24) is 19.8 Å². The smallest absolute Gasteiger partial charge is 0.416 e. The van der Waals surface area contributed by atoms with Gasteiger partial charge in [0.1, 0.15) is 30.5 Å². The molecule has 0 atom stereocenters. The summed E-state index contributed by atoms with van der Waals surface area (Å²) in [7, 11) is 0. The number of benzene rings is 3. The molecule has 6 nitrogen and oxygen atoms in total. The Hall–Kier alpha value is -3.82. The molecule has 2 aliphatic rings. The Morgan fingerprint density at radius 3 is 1.58 bits per heavy atom. The molecule has 2 aliphatic heterocycles. The number of aromatic amines is 1. The second-order valence-corrected chi connectivity index (χ2v) is 11.2. The molecule has 0 saturated carbocycles. The van der Waals surface area contributed by atoms with Crippen molar-refractivity contribution in [3.8, 4) is 45.4 Å². The summed E-state index contributed by atoms with van der Waals surface area (Å²) < 4.78 is 51.5. The Labute approximate surface area is 250 Å². The third-order valence-corrected chi connectivity index (χ3v) is 8.21. The average molecular weight is 591 g/mol. The van der Waals surface area contributed by atoms with Crippen molar-refractivity contribution in [2.75, 3.05) is 52.5 Å². The maximum atomic E-state index is 13.2. The van der Waals surface area contributed by atoms with Gasteiger partial charge >= 0.3 is 6.18 Å². The van der Waals surface area contributed by atoms with Crippen LogP contribution in [0.25, 0.3) is 33.9 Å². The van der Waals surface area contributed by atoms with E-state index in [4.69, 9.17) is 14.5 Å². The van der Waals surface area contributed by atoms with Gasteiger partial charge in [-0.3, -0.25) is 9.80 Å². The number of ether oxygens (including phenoxy) is 2. The van der Waals surface area contributed by atoms with Crippen molar-refractivity contribution >= 4 is 0 Å². The van der Waals surface area contributed by atoms with Gasteiger partial charge in [0.15, 0.2) is 0 Å². The Morgan fingerprint density at radius 1 is 0.628 bits per heavy atom. The molecule has 226 valence electrons. The van der Waals surface area contributed by atoms with Gasteiger partial charge in [0.25, 0.3) is 0 Å². The fraction of sp³-hybridized carbons (Fsp3) is 0.382. The van der Waals surface area contributed by atoms with Crippen LogP contribution in [0.15, 0.2) is 72.8 Å². The lowest BCUT2D eigenvalue weighted by Crippen LogP contribution is -2.25. The number of alkyl halides is 3. The highest BCUT2D eigenvalue weighted by molar-refractivity contribution is 5.81. The predicted octanol–water partition coefficient (Wildman–Crippen LogP) is 7.38. The summed E-state index contributed by atoms with van der Waals surface area (Å²) >= 11 is 0. The molecule has 0 unspecified atom stereocenters. The lowest BCUT2D eigenvalue weighted by atomic mass is 10.0. The fourth-order valence-electron chi connectivity index (χ4n) is 5.77. The molecule has 43 heavy (non-hydrogen) atoms. The van der Waals surface area contributed by atoms with Crippen molar-refractivity contribution in [3.05, 3.63) is 78.4 Å². The number of aromatic nitrogens is 2. The topological polar surface area (TPSA) is 53.6 Å². The number of halogens is 3. The van der Waals surface area contributed by atoms with Gasteiger partial charge in [0.05, 0.1) is 17.0 Å². The van der Waals surface area contributed by atoms with Crippen LogP contribution in [0.2, 0.25) is 0 Å². The maximum Gasteiger partial charge on any atom is 0.416 e. The molecule has 3 heterocycles. The predicted molar refractivity (Wildman–Crippen MR) is 162 cm³/mol. The van der Waals surface area contributed by atoms with Crippen molar-refractivity contribution in [1.29, 1.82) is 0 Å². The summed E-state index contributed by atoms with van der Waals surface area (Å²) in [5, 5.41) is 0. The van der Waals surface area contributed by atoms with E-state index in [-0.39, 0.29) is 0 Å². The van der Waals surface area contributed by atoms with E-state index in [9.17, 15) is 13.2 Å². The highest BCUT2D eigenvalue weighted by Crippen LogP contribution is 2.36. The van der Waals surface area contributed by atoms with Gasteiger partial charge in [-0.1, -0.05) is 12.1 Å². The lowest BCUT2D eigenvalue weighted by molar-refractivity contribution is -0.137. The molecule has 3 aromatic carbocycles. The number of H-pyrrole nitrogens is 1. The Bertz CT molecular complexity index is 1370. The van der Waals surface area contributed by atoms with Crippen LogP contribution in [-0.2, 0) is 6.18 Å². The standard InChI is InChI=1S/C34H37F3N4O2/c35-34(36,37)28-11-5-27(6-12-28)33-38-31(25-7-13-29(14-8-25)42-23-21-40-17-1-2-18-40)32(39-33)26-9-15-30(16-10-26)43-24-22-41-19-3-4-20-41/h5-16H,1-4,17-24H2,(H,38,39). The first-order valence-corrected chi connectivity index (χ1v) is 15.1. The monoisotopic (exact) mass is 590 g/mol. The van der Waals surface area contributed by atoms with Crippen LogP contribution in [0.3, 0.4) is 0 Å². The van der Waals surface area contributed by atoms with Gasteiger partial charge in [-0.25, -0.2) is 4.98 Å².